The molecule has 2 aromatic rings. The number of alkyl halides is 3. The Hall–Kier alpha value is -1.37. The summed E-state index contributed by atoms with van der Waals surface area (Å²) in [6.07, 6.45) is -2.97. The van der Waals surface area contributed by atoms with Crippen molar-refractivity contribution in [2.75, 3.05) is 0 Å². The smallest absolute Gasteiger partial charge is 0.265 e. The molecular formula is C10H7BrF3N3. The molecule has 0 fully saturated rings. The highest BCUT2D eigenvalue weighted by Gasteiger charge is 2.38. The molecule has 0 unspecified atom stereocenters. The van der Waals surface area contributed by atoms with Gasteiger partial charge in [-0.05, 0) is 28.1 Å². The van der Waals surface area contributed by atoms with Gasteiger partial charge in [-0.2, -0.15) is 18.3 Å². The maximum Gasteiger partial charge on any atom is 0.436 e. The maximum atomic E-state index is 12.6. The van der Waals surface area contributed by atoms with Gasteiger partial charge in [0.15, 0.2) is 5.69 Å². The largest absolute Gasteiger partial charge is 0.436 e. The minimum absolute atomic E-state index is 0.0915. The molecule has 2 heterocycles. The van der Waals surface area contributed by atoms with Crippen LogP contribution < -0.4 is 0 Å². The first-order valence-electron chi connectivity index (χ1n) is 4.62. The second-order valence-electron chi connectivity index (χ2n) is 3.35. The van der Waals surface area contributed by atoms with E-state index in [4.69, 9.17) is 0 Å². The van der Waals surface area contributed by atoms with Gasteiger partial charge in [0.1, 0.15) is 5.69 Å². The van der Waals surface area contributed by atoms with E-state index in [0.29, 0.717) is 11.4 Å². The number of pyridine rings is 1. The van der Waals surface area contributed by atoms with Gasteiger partial charge in [0.25, 0.3) is 0 Å². The predicted octanol–water partition coefficient (Wildman–Crippen LogP) is 3.26. The van der Waals surface area contributed by atoms with Gasteiger partial charge in [-0.1, -0.05) is 6.07 Å². The lowest BCUT2D eigenvalue weighted by Gasteiger charge is -2.02. The van der Waals surface area contributed by atoms with Crippen LogP contribution in [0.25, 0.3) is 11.4 Å². The minimum atomic E-state index is -4.48. The summed E-state index contributed by atoms with van der Waals surface area (Å²) in [6, 6.07) is 5.02. The topological polar surface area (TPSA) is 30.7 Å². The molecule has 0 spiro atoms. The van der Waals surface area contributed by atoms with E-state index in [1.165, 1.54) is 13.2 Å². The lowest BCUT2D eigenvalue weighted by molar-refractivity contribution is -0.142. The highest BCUT2D eigenvalue weighted by Crippen LogP contribution is 2.38. The fraction of sp³-hybridized carbons (Fsp3) is 0.200. The van der Waals surface area contributed by atoms with Crippen molar-refractivity contribution in [1.29, 1.82) is 0 Å². The third kappa shape index (κ3) is 2.19. The zero-order chi connectivity index (χ0) is 12.6. The molecule has 0 aromatic carbocycles. The SMILES string of the molecule is Cn1nc(C(F)(F)F)c(Br)c1-c1ccccn1. The molecule has 0 saturated heterocycles. The van der Waals surface area contributed by atoms with Gasteiger partial charge in [-0.15, -0.1) is 0 Å². The lowest BCUT2D eigenvalue weighted by Crippen LogP contribution is -2.07. The fourth-order valence-electron chi connectivity index (χ4n) is 1.46. The van der Waals surface area contributed by atoms with E-state index in [1.54, 1.807) is 18.2 Å². The Morgan fingerprint density at radius 2 is 2.00 bits per heavy atom. The summed E-state index contributed by atoms with van der Waals surface area (Å²) < 4.78 is 39.0. The molecule has 3 nitrogen and oxygen atoms in total. The quantitative estimate of drug-likeness (QED) is 0.809. The molecule has 0 radical (unpaired) electrons. The van der Waals surface area contributed by atoms with Crippen LogP contribution in [0.4, 0.5) is 13.2 Å². The molecule has 0 N–H and O–H groups in total. The Morgan fingerprint density at radius 3 is 2.47 bits per heavy atom. The first-order chi connectivity index (χ1) is 7.91. The summed E-state index contributed by atoms with van der Waals surface area (Å²) in [6.45, 7) is 0. The monoisotopic (exact) mass is 305 g/mol. The zero-order valence-corrected chi connectivity index (χ0v) is 10.2. The van der Waals surface area contributed by atoms with Crippen LogP contribution in [-0.4, -0.2) is 14.8 Å². The molecule has 2 aromatic heterocycles. The van der Waals surface area contributed by atoms with E-state index in [1.807, 2.05) is 0 Å². The Kier molecular flexibility index (Phi) is 2.94. The van der Waals surface area contributed by atoms with Crippen LogP contribution in [0, 0.1) is 0 Å². The predicted molar refractivity (Wildman–Crippen MR) is 59.1 cm³/mol. The van der Waals surface area contributed by atoms with Crippen molar-refractivity contribution >= 4 is 15.9 Å². The van der Waals surface area contributed by atoms with Crippen LogP contribution in [-0.2, 0) is 13.2 Å². The van der Waals surface area contributed by atoms with Crippen LogP contribution in [0.5, 0.6) is 0 Å². The number of hydrogen-bond acceptors (Lipinski definition) is 2. The van der Waals surface area contributed by atoms with Gasteiger partial charge < -0.3 is 0 Å². The van der Waals surface area contributed by atoms with Gasteiger partial charge in [-0.3, -0.25) is 9.67 Å². The molecule has 0 aliphatic rings. The maximum absolute atomic E-state index is 12.6. The number of hydrogen-bond donors (Lipinski definition) is 0. The molecule has 0 amide bonds. The molecule has 0 atom stereocenters. The molecule has 0 aliphatic carbocycles. The van der Waals surface area contributed by atoms with Crippen LogP contribution >= 0.6 is 15.9 Å². The number of halogens is 4. The summed E-state index contributed by atoms with van der Waals surface area (Å²) >= 11 is 2.93. The number of rotatable bonds is 1. The second-order valence-corrected chi connectivity index (χ2v) is 4.14. The second kappa shape index (κ2) is 4.14. The normalized spacial score (nSPS) is 11.8. The summed E-state index contributed by atoms with van der Waals surface area (Å²) in [5.41, 5.74) is -0.205. The first-order valence-corrected chi connectivity index (χ1v) is 5.41. The van der Waals surface area contributed by atoms with E-state index in [-0.39, 0.29) is 4.47 Å². The Labute approximate surface area is 103 Å². The summed E-state index contributed by atoms with van der Waals surface area (Å²) in [5.74, 6) is 0. The standard InChI is InChI=1S/C10H7BrF3N3/c1-17-8(6-4-2-3-5-15-6)7(11)9(16-17)10(12,13)14/h2-5H,1H3. The van der Waals surface area contributed by atoms with Crippen LogP contribution in [0.3, 0.4) is 0 Å². The molecule has 0 aliphatic heterocycles. The number of aryl methyl sites for hydroxylation is 1. The fourth-order valence-corrected chi connectivity index (χ4v) is 2.22. The van der Waals surface area contributed by atoms with E-state index < -0.39 is 11.9 Å². The van der Waals surface area contributed by atoms with Crippen molar-refractivity contribution in [1.82, 2.24) is 14.8 Å². The molecule has 0 saturated carbocycles. The van der Waals surface area contributed by atoms with E-state index >= 15 is 0 Å². The van der Waals surface area contributed by atoms with Gasteiger partial charge in [0.05, 0.1) is 10.2 Å². The molecule has 0 bridgehead atoms. The molecule has 2 rings (SSSR count). The Morgan fingerprint density at radius 1 is 1.29 bits per heavy atom. The van der Waals surface area contributed by atoms with E-state index in [9.17, 15) is 13.2 Å². The van der Waals surface area contributed by atoms with Gasteiger partial charge in [-0.25, -0.2) is 0 Å². The highest BCUT2D eigenvalue weighted by atomic mass is 79.9. The first kappa shape index (κ1) is 12.1. The average molecular weight is 306 g/mol. The van der Waals surface area contributed by atoms with Crippen molar-refractivity contribution in [2.24, 2.45) is 7.05 Å². The molecule has 90 valence electrons. The van der Waals surface area contributed by atoms with Gasteiger partial charge in [0.2, 0.25) is 0 Å². The van der Waals surface area contributed by atoms with Crippen molar-refractivity contribution in [2.45, 2.75) is 6.18 Å². The number of nitrogens with zero attached hydrogens (tertiary/aromatic N) is 3. The molecule has 7 heteroatoms. The summed E-state index contributed by atoms with van der Waals surface area (Å²) in [4.78, 5) is 4.01. The third-order valence-electron chi connectivity index (χ3n) is 2.17. The van der Waals surface area contributed by atoms with E-state index in [2.05, 4.69) is 26.0 Å². The summed E-state index contributed by atoms with van der Waals surface area (Å²) in [7, 11) is 1.45. The van der Waals surface area contributed by atoms with Gasteiger partial charge in [0, 0.05) is 13.2 Å². The minimum Gasteiger partial charge on any atom is -0.265 e. The summed E-state index contributed by atoms with van der Waals surface area (Å²) in [5, 5.41) is 3.46. The van der Waals surface area contributed by atoms with Crippen molar-refractivity contribution in [3.05, 3.63) is 34.6 Å². The zero-order valence-electron chi connectivity index (χ0n) is 8.66. The van der Waals surface area contributed by atoms with Crippen molar-refractivity contribution < 1.29 is 13.2 Å². The van der Waals surface area contributed by atoms with Gasteiger partial charge >= 0.3 is 6.18 Å². The van der Waals surface area contributed by atoms with E-state index in [0.717, 1.165) is 4.68 Å². The highest BCUT2D eigenvalue weighted by molar-refractivity contribution is 9.10. The average Bonchev–Trinajstić information content (AvgIpc) is 2.55. The van der Waals surface area contributed by atoms with Crippen LogP contribution in [0.15, 0.2) is 28.9 Å². The molecular weight excluding hydrogens is 299 g/mol. The van der Waals surface area contributed by atoms with Crippen LogP contribution in [0.1, 0.15) is 5.69 Å². The number of aromatic nitrogens is 3. The Balaban J connectivity index is 2.61. The van der Waals surface area contributed by atoms with Crippen molar-refractivity contribution in [3.63, 3.8) is 0 Å². The Bertz CT molecular complexity index is 534. The molecule has 17 heavy (non-hydrogen) atoms. The van der Waals surface area contributed by atoms with Crippen LogP contribution in [0.2, 0.25) is 0 Å². The third-order valence-corrected chi connectivity index (χ3v) is 2.92. The lowest BCUT2D eigenvalue weighted by atomic mass is 10.2. The van der Waals surface area contributed by atoms with Crippen molar-refractivity contribution in [3.8, 4) is 11.4 Å².